The zero-order chi connectivity index (χ0) is 19.4. The van der Waals surface area contributed by atoms with Gasteiger partial charge in [-0.25, -0.2) is 10.4 Å². The minimum Gasteiger partial charge on any atom is -0.503 e. The molecule has 1 aromatic heterocycles. The highest BCUT2D eigenvalue weighted by Gasteiger charge is 2.10. The lowest BCUT2D eigenvalue weighted by atomic mass is 10.2. The Hall–Kier alpha value is -2.52. The molecule has 2 aromatic carbocycles. The molecule has 0 aliphatic rings. The minimum absolute atomic E-state index is 0.0116. The van der Waals surface area contributed by atoms with E-state index in [1.807, 2.05) is 35.9 Å². The van der Waals surface area contributed by atoms with E-state index in [9.17, 15) is 9.90 Å². The van der Waals surface area contributed by atoms with Gasteiger partial charge < -0.3 is 14.4 Å². The number of hydrogen-bond acceptors (Lipinski definition) is 6. The number of para-hydroxylation sites is 2. The molecular weight excluding hydrogens is 432 g/mol. The SMILES string of the molecule is COc1cc(C=NNC(=O)CSc2nc3ccccc3n2C)cc(Br)c1O. The molecule has 3 rings (SSSR count). The molecule has 0 saturated carbocycles. The first kappa shape index (κ1) is 19.2. The number of carbonyl (C=O) groups is 1. The molecule has 9 heteroatoms. The number of phenolic OH excluding ortho intramolecular Hbond substituents is 1. The fourth-order valence-corrected chi connectivity index (χ4v) is 3.66. The second-order valence-corrected chi connectivity index (χ2v) is 7.37. The predicted octanol–water partition coefficient (Wildman–Crippen LogP) is 3.29. The summed E-state index contributed by atoms with van der Waals surface area (Å²) in [6, 6.07) is 11.1. The van der Waals surface area contributed by atoms with E-state index in [1.54, 1.807) is 12.1 Å². The molecule has 0 atom stereocenters. The number of amides is 1. The van der Waals surface area contributed by atoms with Gasteiger partial charge >= 0.3 is 0 Å². The Morgan fingerprint density at radius 2 is 2.22 bits per heavy atom. The highest BCUT2D eigenvalue weighted by molar-refractivity contribution is 9.10. The quantitative estimate of drug-likeness (QED) is 0.343. The van der Waals surface area contributed by atoms with Crippen LogP contribution in [-0.4, -0.2) is 39.6 Å². The molecule has 140 valence electrons. The third kappa shape index (κ3) is 4.42. The van der Waals surface area contributed by atoms with Crippen LogP contribution < -0.4 is 10.2 Å². The normalized spacial score (nSPS) is 11.2. The molecule has 0 aliphatic heterocycles. The number of aryl methyl sites for hydroxylation is 1. The monoisotopic (exact) mass is 448 g/mol. The van der Waals surface area contributed by atoms with Gasteiger partial charge in [0.2, 0.25) is 0 Å². The average Bonchev–Trinajstić information content (AvgIpc) is 2.99. The second kappa shape index (κ2) is 8.45. The van der Waals surface area contributed by atoms with Gasteiger partial charge in [-0.05, 0) is 45.8 Å². The number of halogens is 1. The Bertz CT molecular complexity index is 1020. The number of methoxy groups -OCH3 is 1. The zero-order valence-corrected chi connectivity index (χ0v) is 17.0. The minimum atomic E-state index is -0.242. The molecule has 1 amide bonds. The molecule has 1 heterocycles. The number of imidazole rings is 1. The number of nitrogens with zero attached hydrogens (tertiary/aromatic N) is 3. The fraction of sp³-hybridized carbons (Fsp3) is 0.167. The number of fused-ring (bicyclic) bond motifs is 1. The molecule has 0 bridgehead atoms. The first-order valence-corrected chi connectivity index (χ1v) is 9.70. The molecule has 0 fully saturated rings. The van der Waals surface area contributed by atoms with Gasteiger partial charge in [0.05, 0.1) is 34.6 Å². The number of phenols is 1. The van der Waals surface area contributed by atoms with Crippen molar-refractivity contribution in [3.05, 3.63) is 46.4 Å². The van der Waals surface area contributed by atoms with Crippen LogP contribution in [0.5, 0.6) is 11.5 Å². The molecular formula is C18H17BrN4O3S. The number of benzene rings is 2. The average molecular weight is 449 g/mol. The Labute approximate surface area is 168 Å². The molecule has 0 saturated heterocycles. The van der Waals surface area contributed by atoms with Gasteiger partial charge in [0.25, 0.3) is 5.91 Å². The summed E-state index contributed by atoms with van der Waals surface area (Å²) in [5.74, 6) is 0.275. The Morgan fingerprint density at radius 1 is 1.44 bits per heavy atom. The van der Waals surface area contributed by atoms with Crippen LogP contribution in [0.2, 0.25) is 0 Å². The lowest BCUT2D eigenvalue weighted by molar-refractivity contribution is -0.118. The van der Waals surface area contributed by atoms with E-state index in [4.69, 9.17) is 4.74 Å². The van der Waals surface area contributed by atoms with E-state index in [-0.39, 0.29) is 17.4 Å². The number of hydrogen-bond donors (Lipinski definition) is 2. The Kier molecular flexibility index (Phi) is 6.02. The summed E-state index contributed by atoms with van der Waals surface area (Å²) in [5.41, 5.74) is 5.06. The van der Waals surface area contributed by atoms with Crippen molar-refractivity contribution in [3.8, 4) is 11.5 Å². The van der Waals surface area contributed by atoms with Gasteiger partial charge in [-0.1, -0.05) is 23.9 Å². The first-order valence-electron chi connectivity index (χ1n) is 7.92. The van der Waals surface area contributed by atoms with E-state index in [0.717, 1.165) is 16.2 Å². The van der Waals surface area contributed by atoms with Gasteiger partial charge in [0.15, 0.2) is 16.7 Å². The maximum Gasteiger partial charge on any atom is 0.250 e. The van der Waals surface area contributed by atoms with Crippen molar-refractivity contribution in [3.63, 3.8) is 0 Å². The molecule has 7 nitrogen and oxygen atoms in total. The van der Waals surface area contributed by atoms with E-state index in [1.165, 1.54) is 25.1 Å². The van der Waals surface area contributed by atoms with Crippen LogP contribution in [0.4, 0.5) is 0 Å². The smallest absolute Gasteiger partial charge is 0.250 e. The summed E-state index contributed by atoms with van der Waals surface area (Å²) in [7, 11) is 3.38. The largest absolute Gasteiger partial charge is 0.503 e. The summed E-state index contributed by atoms with van der Waals surface area (Å²) < 4.78 is 7.51. The molecule has 0 unspecified atom stereocenters. The number of carbonyl (C=O) groups excluding carboxylic acids is 1. The van der Waals surface area contributed by atoms with E-state index >= 15 is 0 Å². The number of hydrazone groups is 1. The van der Waals surface area contributed by atoms with Gasteiger partial charge in [0.1, 0.15) is 0 Å². The number of nitrogens with one attached hydrogen (secondary N) is 1. The summed E-state index contributed by atoms with van der Waals surface area (Å²) in [4.78, 5) is 16.5. The maximum atomic E-state index is 12.0. The Morgan fingerprint density at radius 3 is 2.96 bits per heavy atom. The van der Waals surface area contributed by atoms with Crippen molar-refractivity contribution in [1.29, 1.82) is 0 Å². The zero-order valence-electron chi connectivity index (χ0n) is 14.6. The van der Waals surface area contributed by atoms with Crippen LogP contribution in [0.15, 0.2) is 51.1 Å². The van der Waals surface area contributed by atoms with E-state index in [0.29, 0.717) is 15.8 Å². The number of ether oxygens (including phenoxy) is 1. The number of aromatic hydroxyl groups is 1. The van der Waals surface area contributed by atoms with Gasteiger partial charge in [0, 0.05) is 7.05 Å². The molecule has 0 aliphatic carbocycles. The fourth-order valence-electron chi connectivity index (χ4n) is 2.42. The molecule has 0 radical (unpaired) electrons. The van der Waals surface area contributed by atoms with Gasteiger partial charge in [-0.2, -0.15) is 5.10 Å². The Balaban J connectivity index is 1.59. The van der Waals surface area contributed by atoms with Crippen molar-refractivity contribution >= 4 is 50.8 Å². The third-order valence-corrected chi connectivity index (χ3v) is 5.39. The van der Waals surface area contributed by atoms with Crippen molar-refractivity contribution in [2.24, 2.45) is 12.1 Å². The highest BCUT2D eigenvalue weighted by atomic mass is 79.9. The standard InChI is InChI=1S/C18H17BrN4O3S/c1-23-14-6-4-3-5-13(14)21-18(23)27-10-16(24)22-20-9-11-7-12(19)17(25)15(8-11)26-2/h3-9,25H,10H2,1-2H3,(H,22,24). The highest BCUT2D eigenvalue weighted by Crippen LogP contribution is 2.34. The predicted molar refractivity (Wildman–Crippen MR) is 110 cm³/mol. The van der Waals surface area contributed by atoms with Crippen molar-refractivity contribution in [2.45, 2.75) is 5.16 Å². The van der Waals surface area contributed by atoms with Gasteiger partial charge in [-0.3, -0.25) is 4.79 Å². The third-order valence-electron chi connectivity index (χ3n) is 3.75. The number of rotatable bonds is 6. The molecule has 27 heavy (non-hydrogen) atoms. The van der Waals surface area contributed by atoms with Crippen molar-refractivity contribution < 1.29 is 14.6 Å². The summed E-state index contributed by atoms with van der Waals surface area (Å²) in [5, 5.41) is 14.5. The lowest BCUT2D eigenvalue weighted by Gasteiger charge is -2.06. The number of thioether (sulfide) groups is 1. The second-order valence-electron chi connectivity index (χ2n) is 5.58. The van der Waals surface area contributed by atoms with Crippen molar-refractivity contribution in [1.82, 2.24) is 15.0 Å². The van der Waals surface area contributed by atoms with Crippen molar-refractivity contribution in [2.75, 3.05) is 12.9 Å². The van der Waals surface area contributed by atoms with Crippen LogP contribution in [0, 0.1) is 0 Å². The summed E-state index contributed by atoms with van der Waals surface area (Å²) in [6.45, 7) is 0. The van der Waals surface area contributed by atoms with Crippen LogP contribution >= 0.6 is 27.7 Å². The van der Waals surface area contributed by atoms with E-state index < -0.39 is 0 Å². The summed E-state index contributed by atoms with van der Waals surface area (Å²) in [6.07, 6.45) is 1.48. The number of aromatic nitrogens is 2. The van der Waals surface area contributed by atoms with Crippen LogP contribution in [-0.2, 0) is 11.8 Å². The topological polar surface area (TPSA) is 88.7 Å². The molecule has 2 N–H and O–H groups in total. The van der Waals surface area contributed by atoms with Crippen LogP contribution in [0.3, 0.4) is 0 Å². The van der Waals surface area contributed by atoms with E-state index in [2.05, 4.69) is 31.4 Å². The molecule has 0 spiro atoms. The first-order chi connectivity index (χ1) is 13.0. The summed E-state index contributed by atoms with van der Waals surface area (Å²) >= 11 is 4.58. The maximum absolute atomic E-state index is 12.0. The lowest BCUT2D eigenvalue weighted by Crippen LogP contribution is -2.19. The molecule has 3 aromatic rings. The van der Waals surface area contributed by atoms with Gasteiger partial charge in [-0.15, -0.1) is 0 Å². The van der Waals surface area contributed by atoms with Crippen LogP contribution in [0.1, 0.15) is 5.56 Å². The van der Waals surface area contributed by atoms with Crippen LogP contribution in [0.25, 0.3) is 11.0 Å².